The Hall–Kier alpha value is -1.63. The van der Waals surface area contributed by atoms with Gasteiger partial charge in [0.1, 0.15) is 6.61 Å². The molecule has 0 aliphatic heterocycles. The third kappa shape index (κ3) is 2.93. The van der Waals surface area contributed by atoms with Crippen LogP contribution in [0.1, 0.15) is 6.92 Å². The van der Waals surface area contributed by atoms with Crippen molar-refractivity contribution in [3.63, 3.8) is 0 Å². The Morgan fingerprint density at radius 2 is 1.56 bits per heavy atom. The summed E-state index contributed by atoms with van der Waals surface area (Å²) in [5.74, 6) is -2.74. The minimum atomic E-state index is -2.02. The molecule has 0 unspecified atom stereocenters. The maximum absolute atomic E-state index is 11.4. The van der Waals surface area contributed by atoms with E-state index in [0.717, 1.165) is 21.1 Å². The standard InChI is InChI=1S/C9H14O7/c1-6(11)16-5-9(4-10,7(12)14-2)8(13)15-3/h10H,4-5H2,1-3H3. The molecule has 0 saturated carbocycles. The molecule has 0 fully saturated rings. The molecule has 0 aromatic carbocycles. The number of esters is 3. The van der Waals surface area contributed by atoms with Gasteiger partial charge in [0.2, 0.25) is 5.41 Å². The van der Waals surface area contributed by atoms with Crippen molar-refractivity contribution in [3.05, 3.63) is 0 Å². The molecular formula is C9H14O7. The second-order valence-electron chi connectivity index (χ2n) is 3.00. The predicted molar refractivity (Wildman–Crippen MR) is 50.2 cm³/mol. The third-order valence-electron chi connectivity index (χ3n) is 1.94. The zero-order valence-electron chi connectivity index (χ0n) is 9.31. The van der Waals surface area contributed by atoms with Gasteiger partial charge in [-0.1, -0.05) is 0 Å². The van der Waals surface area contributed by atoms with E-state index in [1.54, 1.807) is 0 Å². The minimum Gasteiger partial charge on any atom is -0.468 e. The van der Waals surface area contributed by atoms with E-state index in [1.807, 2.05) is 0 Å². The van der Waals surface area contributed by atoms with Crippen molar-refractivity contribution in [2.75, 3.05) is 27.4 Å². The van der Waals surface area contributed by atoms with Gasteiger partial charge < -0.3 is 19.3 Å². The van der Waals surface area contributed by atoms with Gasteiger partial charge in [-0.25, -0.2) is 0 Å². The number of hydrogen-bond acceptors (Lipinski definition) is 7. The molecule has 0 rings (SSSR count). The largest absolute Gasteiger partial charge is 0.468 e. The summed E-state index contributed by atoms with van der Waals surface area (Å²) in [6.45, 7) is -0.394. The molecule has 1 N–H and O–H groups in total. The molecule has 0 saturated heterocycles. The summed E-state index contributed by atoms with van der Waals surface area (Å²) < 4.78 is 13.3. The number of hydrogen-bond donors (Lipinski definition) is 1. The first-order valence-electron chi connectivity index (χ1n) is 4.35. The monoisotopic (exact) mass is 234 g/mol. The van der Waals surface area contributed by atoms with E-state index in [1.165, 1.54) is 0 Å². The van der Waals surface area contributed by atoms with Crippen LogP contribution in [-0.2, 0) is 28.6 Å². The Bertz CT molecular complexity index is 268. The summed E-state index contributed by atoms with van der Waals surface area (Å²) >= 11 is 0. The van der Waals surface area contributed by atoms with Crippen molar-refractivity contribution in [2.45, 2.75) is 6.92 Å². The van der Waals surface area contributed by atoms with E-state index < -0.39 is 36.5 Å². The average Bonchev–Trinajstić information content (AvgIpc) is 2.28. The minimum absolute atomic E-state index is 0.627. The van der Waals surface area contributed by atoms with Crippen molar-refractivity contribution < 1.29 is 33.7 Å². The summed E-state index contributed by atoms with van der Waals surface area (Å²) in [6.07, 6.45) is 0. The summed E-state index contributed by atoms with van der Waals surface area (Å²) in [5, 5.41) is 9.10. The van der Waals surface area contributed by atoms with Crippen LogP contribution in [0.5, 0.6) is 0 Å². The molecular weight excluding hydrogens is 220 g/mol. The quantitative estimate of drug-likeness (QED) is 0.365. The number of aliphatic hydroxyl groups is 1. The first kappa shape index (κ1) is 14.4. The summed E-state index contributed by atoms with van der Waals surface area (Å²) in [6, 6.07) is 0. The van der Waals surface area contributed by atoms with Gasteiger partial charge in [0.25, 0.3) is 0 Å². The highest BCUT2D eigenvalue weighted by atomic mass is 16.6. The lowest BCUT2D eigenvalue weighted by atomic mass is 9.90. The number of aliphatic hydroxyl groups excluding tert-OH is 1. The fraction of sp³-hybridized carbons (Fsp3) is 0.667. The average molecular weight is 234 g/mol. The molecule has 0 aliphatic rings. The van der Waals surface area contributed by atoms with Crippen LogP contribution in [0.3, 0.4) is 0 Å². The molecule has 0 amide bonds. The van der Waals surface area contributed by atoms with Gasteiger partial charge in [-0.15, -0.1) is 0 Å². The van der Waals surface area contributed by atoms with Crippen molar-refractivity contribution in [2.24, 2.45) is 5.41 Å². The Balaban J connectivity index is 5.03. The summed E-state index contributed by atoms with van der Waals surface area (Å²) in [7, 11) is 2.09. The van der Waals surface area contributed by atoms with Crippen LogP contribution < -0.4 is 0 Å². The molecule has 0 aromatic heterocycles. The van der Waals surface area contributed by atoms with E-state index in [2.05, 4.69) is 14.2 Å². The van der Waals surface area contributed by atoms with Crippen LogP contribution in [-0.4, -0.2) is 50.4 Å². The van der Waals surface area contributed by atoms with E-state index in [0.29, 0.717) is 0 Å². The highest BCUT2D eigenvalue weighted by Crippen LogP contribution is 2.21. The number of methoxy groups -OCH3 is 2. The van der Waals surface area contributed by atoms with E-state index in [-0.39, 0.29) is 0 Å². The molecule has 7 heteroatoms. The first-order valence-corrected chi connectivity index (χ1v) is 4.35. The number of ether oxygens (including phenoxy) is 3. The molecule has 0 bridgehead atoms. The maximum Gasteiger partial charge on any atom is 0.329 e. The van der Waals surface area contributed by atoms with Crippen LogP contribution in [0.2, 0.25) is 0 Å². The lowest BCUT2D eigenvalue weighted by Gasteiger charge is -2.24. The molecule has 0 radical (unpaired) electrons. The highest BCUT2D eigenvalue weighted by molar-refractivity contribution is 6.00. The van der Waals surface area contributed by atoms with Crippen molar-refractivity contribution in [1.82, 2.24) is 0 Å². The first-order chi connectivity index (χ1) is 7.44. The SMILES string of the molecule is COC(=O)C(CO)(COC(C)=O)C(=O)OC. The van der Waals surface area contributed by atoms with Crippen LogP contribution in [0.4, 0.5) is 0 Å². The lowest BCUT2D eigenvalue weighted by molar-refractivity contribution is -0.178. The maximum atomic E-state index is 11.4. The fourth-order valence-corrected chi connectivity index (χ4v) is 0.991. The van der Waals surface area contributed by atoms with E-state index in [9.17, 15) is 14.4 Å². The Kier molecular flexibility index (Phi) is 5.44. The van der Waals surface area contributed by atoms with Crippen molar-refractivity contribution in [3.8, 4) is 0 Å². The number of carbonyl (C=O) groups excluding carboxylic acids is 3. The Morgan fingerprint density at radius 1 is 1.12 bits per heavy atom. The van der Waals surface area contributed by atoms with Gasteiger partial charge in [0, 0.05) is 6.92 Å². The van der Waals surface area contributed by atoms with Crippen LogP contribution in [0.25, 0.3) is 0 Å². The molecule has 0 aliphatic carbocycles. The van der Waals surface area contributed by atoms with Crippen molar-refractivity contribution in [1.29, 1.82) is 0 Å². The molecule has 0 spiro atoms. The van der Waals surface area contributed by atoms with Crippen LogP contribution in [0, 0.1) is 5.41 Å². The zero-order chi connectivity index (χ0) is 12.8. The Morgan fingerprint density at radius 3 is 1.81 bits per heavy atom. The Labute approximate surface area is 92.3 Å². The van der Waals surface area contributed by atoms with Gasteiger partial charge in [-0.2, -0.15) is 0 Å². The van der Waals surface area contributed by atoms with E-state index >= 15 is 0 Å². The fourth-order valence-electron chi connectivity index (χ4n) is 0.991. The zero-order valence-corrected chi connectivity index (χ0v) is 9.31. The lowest BCUT2D eigenvalue weighted by Crippen LogP contribution is -2.48. The topological polar surface area (TPSA) is 99.1 Å². The highest BCUT2D eigenvalue weighted by Gasteiger charge is 2.49. The van der Waals surface area contributed by atoms with Crippen LogP contribution >= 0.6 is 0 Å². The molecule has 7 nitrogen and oxygen atoms in total. The normalized spacial score (nSPS) is 10.5. The molecule has 0 heterocycles. The molecule has 16 heavy (non-hydrogen) atoms. The van der Waals surface area contributed by atoms with Gasteiger partial charge in [-0.3, -0.25) is 14.4 Å². The van der Waals surface area contributed by atoms with Crippen LogP contribution in [0.15, 0.2) is 0 Å². The smallest absolute Gasteiger partial charge is 0.329 e. The molecule has 0 aromatic rings. The number of rotatable bonds is 5. The van der Waals surface area contributed by atoms with Gasteiger partial charge in [0.15, 0.2) is 0 Å². The van der Waals surface area contributed by atoms with Gasteiger partial charge in [0.05, 0.1) is 20.8 Å². The number of carbonyl (C=O) groups is 3. The van der Waals surface area contributed by atoms with Crippen molar-refractivity contribution >= 4 is 17.9 Å². The van der Waals surface area contributed by atoms with Gasteiger partial charge in [-0.05, 0) is 0 Å². The van der Waals surface area contributed by atoms with E-state index in [4.69, 9.17) is 5.11 Å². The second kappa shape index (κ2) is 6.06. The van der Waals surface area contributed by atoms with Gasteiger partial charge >= 0.3 is 17.9 Å². The third-order valence-corrected chi connectivity index (χ3v) is 1.94. The summed E-state index contributed by atoms with van der Waals surface area (Å²) in [5.41, 5.74) is -2.02. The predicted octanol–water partition coefficient (Wildman–Crippen LogP) is -1.13. The summed E-state index contributed by atoms with van der Waals surface area (Å²) in [4.78, 5) is 33.4. The molecule has 92 valence electrons. The molecule has 0 atom stereocenters. The second-order valence-corrected chi connectivity index (χ2v) is 3.00.